The van der Waals surface area contributed by atoms with Gasteiger partial charge in [-0.25, -0.2) is 9.78 Å². The Morgan fingerprint density at radius 2 is 1.91 bits per heavy atom. The predicted octanol–water partition coefficient (Wildman–Crippen LogP) is 3.06. The first-order valence-electron chi connectivity index (χ1n) is 11.1. The minimum Gasteiger partial charge on any atom is -0.478 e. The van der Waals surface area contributed by atoms with E-state index in [2.05, 4.69) is 4.98 Å². The van der Waals surface area contributed by atoms with E-state index in [1.807, 2.05) is 23.1 Å². The van der Waals surface area contributed by atoms with E-state index in [1.165, 1.54) is 12.8 Å². The minimum atomic E-state index is -5.08. The standard InChI is InChI=1S/C20H28N2O4.C2HF3O2/c23-19(13-25-17-5-1-2-6-17)22-14-20(15-22)16(9-12-26-20)8-11-24-18-7-3-4-10-21-18;3-2(4,5)1(6)7/h3-4,7,10,16-17H,1-2,5-6,8-9,11-15H2;(H,6,7). The maximum absolute atomic E-state index is 12.3. The van der Waals surface area contributed by atoms with Gasteiger partial charge < -0.3 is 24.2 Å². The van der Waals surface area contributed by atoms with Crippen LogP contribution in [0, 0.1) is 5.92 Å². The van der Waals surface area contributed by atoms with Gasteiger partial charge in [0.05, 0.1) is 25.8 Å². The Morgan fingerprint density at radius 1 is 1.21 bits per heavy atom. The highest BCUT2D eigenvalue weighted by Crippen LogP contribution is 2.41. The molecule has 3 fully saturated rings. The fourth-order valence-corrected chi connectivity index (χ4v) is 4.39. The maximum Gasteiger partial charge on any atom is 0.490 e. The zero-order chi connectivity index (χ0) is 23.9. The number of rotatable bonds is 7. The number of carboxylic acid groups (broad SMARTS) is 1. The normalized spacial score (nSPS) is 21.9. The summed E-state index contributed by atoms with van der Waals surface area (Å²) in [5, 5.41) is 7.12. The average Bonchev–Trinajstić information content (AvgIpc) is 3.41. The topological polar surface area (TPSA) is 98.2 Å². The van der Waals surface area contributed by atoms with Crippen molar-refractivity contribution in [2.45, 2.75) is 56.4 Å². The van der Waals surface area contributed by atoms with Crippen molar-refractivity contribution in [3.63, 3.8) is 0 Å². The molecule has 1 aromatic rings. The van der Waals surface area contributed by atoms with Crippen LogP contribution in [-0.4, -0.2) is 77.7 Å². The summed E-state index contributed by atoms with van der Waals surface area (Å²) in [7, 11) is 0. The second kappa shape index (κ2) is 11.1. The third kappa shape index (κ3) is 7.04. The van der Waals surface area contributed by atoms with Crippen LogP contribution >= 0.6 is 0 Å². The molecule has 184 valence electrons. The van der Waals surface area contributed by atoms with Crippen LogP contribution < -0.4 is 4.74 Å². The summed E-state index contributed by atoms with van der Waals surface area (Å²) >= 11 is 0. The summed E-state index contributed by atoms with van der Waals surface area (Å²) < 4.78 is 49.3. The van der Waals surface area contributed by atoms with Crippen LogP contribution in [0.3, 0.4) is 0 Å². The third-order valence-corrected chi connectivity index (χ3v) is 6.21. The Hall–Kier alpha value is -2.40. The Morgan fingerprint density at radius 3 is 2.52 bits per heavy atom. The van der Waals surface area contributed by atoms with E-state index in [4.69, 9.17) is 24.1 Å². The van der Waals surface area contributed by atoms with Crippen molar-refractivity contribution in [2.75, 3.05) is 32.9 Å². The summed E-state index contributed by atoms with van der Waals surface area (Å²) in [6, 6.07) is 5.67. The van der Waals surface area contributed by atoms with E-state index >= 15 is 0 Å². The minimum absolute atomic E-state index is 0.0986. The Kier molecular flexibility index (Phi) is 8.52. The lowest BCUT2D eigenvalue weighted by Gasteiger charge is -2.50. The number of ether oxygens (including phenoxy) is 3. The molecule has 1 unspecified atom stereocenters. The number of carbonyl (C=O) groups excluding carboxylic acids is 1. The highest BCUT2D eigenvalue weighted by Gasteiger charge is 2.54. The lowest BCUT2D eigenvalue weighted by Crippen LogP contribution is -2.66. The Balaban J connectivity index is 0.000000383. The smallest absolute Gasteiger partial charge is 0.478 e. The quantitative estimate of drug-likeness (QED) is 0.649. The average molecular weight is 474 g/mol. The monoisotopic (exact) mass is 474 g/mol. The SMILES string of the molecule is O=C(COC1CCCC1)N1CC2(C1)OCCC2CCOc1ccccn1.O=C(O)C(F)(F)F. The number of pyridine rings is 1. The van der Waals surface area contributed by atoms with E-state index in [0.29, 0.717) is 31.5 Å². The molecule has 0 bridgehead atoms. The molecule has 3 heterocycles. The molecule has 1 atom stereocenters. The summed E-state index contributed by atoms with van der Waals surface area (Å²) in [6.45, 7) is 3.00. The van der Waals surface area contributed by atoms with Crippen LogP contribution in [0.1, 0.15) is 38.5 Å². The van der Waals surface area contributed by atoms with Crippen molar-refractivity contribution in [1.82, 2.24) is 9.88 Å². The maximum atomic E-state index is 12.3. The van der Waals surface area contributed by atoms with Crippen LogP contribution in [0.4, 0.5) is 13.2 Å². The van der Waals surface area contributed by atoms with Crippen LogP contribution in [0.25, 0.3) is 0 Å². The number of hydrogen-bond acceptors (Lipinski definition) is 6. The van der Waals surface area contributed by atoms with Gasteiger partial charge in [0, 0.05) is 18.9 Å². The van der Waals surface area contributed by atoms with Crippen molar-refractivity contribution < 1.29 is 42.1 Å². The van der Waals surface area contributed by atoms with Crippen LogP contribution in [0.2, 0.25) is 0 Å². The van der Waals surface area contributed by atoms with Crippen molar-refractivity contribution in [3.8, 4) is 5.88 Å². The number of nitrogens with zero attached hydrogens (tertiary/aromatic N) is 2. The van der Waals surface area contributed by atoms with Crippen LogP contribution in [0.15, 0.2) is 24.4 Å². The third-order valence-electron chi connectivity index (χ3n) is 6.21. The molecule has 0 aromatic carbocycles. The summed E-state index contributed by atoms with van der Waals surface area (Å²) in [4.78, 5) is 27.3. The fourth-order valence-electron chi connectivity index (χ4n) is 4.39. The van der Waals surface area contributed by atoms with Gasteiger partial charge in [0.15, 0.2) is 0 Å². The second-order valence-corrected chi connectivity index (χ2v) is 8.47. The highest BCUT2D eigenvalue weighted by atomic mass is 19.4. The summed E-state index contributed by atoms with van der Waals surface area (Å²) in [6.07, 6.45) is 3.54. The lowest BCUT2D eigenvalue weighted by atomic mass is 9.79. The molecule has 1 saturated carbocycles. The van der Waals surface area contributed by atoms with Gasteiger partial charge >= 0.3 is 12.1 Å². The van der Waals surface area contributed by atoms with Gasteiger partial charge in [0.2, 0.25) is 11.8 Å². The molecule has 11 heteroatoms. The number of hydrogen-bond donors (Lipinski definition) is 1. The molecule has 2 aliphatic heterocycles. The number of alkyl halides is 3. The first kappa shape index (κ1) is 25.2. The first-order chi connectivity index (χ1) is 15.7. The van der Waals surface area contributed by atoms with Crippen LogP contribution in [0.5, 0.6) is 5.88 Å². The summed E-state index contributed by atoms with van der Waals surface area (Å²) in [5.74, 6) is -1.56. The molecule has 4 rings (SSSR count). The number of amides is 1. The molecule has 1 aliphatic carbocycles. The second-order valence-electron chi connectivity index (χ2n) is 8.47. The molecule has 1 spiro atoms. The number of aromatic nitrogens is 1. The largest absolute Gasteiger partial charge is 0.490 e. The zero-order valence-corrected chi connectivity index (χ0v) is 18.3. The van der Waals surface area contributed by atoms with E-state index in [0.717, 1.165) is 32.3 Å². The van der Waals surface area contributed by atoms with Crippen molar-refractivity contribution >= 4 is 11.9 Å². The molecule has 1 aromatic heterocycles. The molecular weight excluding hydrogens is 445 g/mol. The highest BCUT2D eigenvalue weighted by molar-refractivity contribution is 5.78. The molecule has 1 amide bonds. The van der Waals surface area contributed by atoms with E-state index in [-0.39, 0.29) is 24.2 Å². The zero-order valence-electron chi connectivity index (χ0n) is 18.3. The van der Waals surface area contributed by atoms with E-state index in [9.17, 15) is 18.0 Å². The first-order valence-corrected chi connectivity index (χ1v) is 11.1. The van der Waals surface area contributed by atoms with Gasteiger partial charge in [-0.05, 0) is 37.7 Å². The Bertz CT molecular complexity index is 780. The van der Waals surface area contributed by atoms with Gasteiger partial charge in [0.25, 0.3) is 0 Å². The molecule has 3 aliphatic rings. The van der Waals surface area contributed by atoms with Crippen molar-refractivity contribution in [2.24, 2.45) is 5.92 Å². The molecular formula is C22H29F3N2O6. The van der Waals surface area contributed by atoms with Gasteiger partial charge in [-0.15, -0.1) is 0 Å². The lowest BCUT2D eigenvalue weighted by molar-refractivity contribution is -0.192. The number of carboxylic acids is 1. The van der Waals surface area contributed by atoms with Gasteiger partial charge in [0.1, 0.15) is 12.2 Å². The fraction of sp³-hybridized carbons (Fsp3) is 0.682. The van der Waals surface area contributed by atoms with Crippen molar-refractivity contribution in [1.29, 1.82) is 0 Å². The molecule has 2 saturated heterocycles. The van der Waals surface area contributed by atoms with E-state index < -0.39 is 12.1 Å². The van der Waals surface area contributed by atoms with E-state index in [1.54, 1.807) is 6.20 Å². The Labute approximate surface area is 190 Å². The molecule has 0 radical (unpaired) electrons. The molecule has 1 N–H and O–H groups in total. The van der Waals surface area contributed by atoms with Gasteiger partial charge in [-0.3, -0.25) is 4.79 Å². The number of aliphatic carboxylic acids is 1. The van der Waals surface area contributed by atoms with Gasteiger partial charge in [-0.2, -0.15) is 13.2 Å². The van der Waals surface area contributed by atoms with Gasteiger partial charge in [-0.1, -0.05) is 18.9 Å². The van der Waals surface area contributed by atoms with Crippen LogP contribution in [-0.2, 0) is 19.1 Å². The molecule has 8 nitrogen and oxygen atoms in total. The number of likely N-dealkylation sites (tertiary alicyclic amines) is 1. The summed E-state index contributed by atoms with van der Waals surface area (Å²) in [5.41, 5.74) is -0.170. The van der Waals surface area contributed by atoms with Crippen molar-refractivity contribution in [3.05, 3.63) is 24.4 Å². The molecule has 33 heavy (non-hydrogen) atoms. The number of halogens is 3. The predicted molar refractivity (Wildman–Crippen MR) is 110 cm³/mol. The number of carbonyl (C=O) groups is 2.